The van der Waals surface area contributed by atoms with E-state index in [1.807, 2.05) is 31.2 Å². The van der Waals surface area contributed by atoms with Crippen LogP contribution in [0.3, 0.4) is 0 Å². The molecule has 0 bridgehead atoms. The smallest absolute Gasteiger partial charge is 0.343 e. The molecule has 1 aliphatic carbocycles. The van der Waals surface area contributed by atoms with Gasteiger partial charge in [0.2, 0.25) is 6.79 Å². The Balaban J connectivity index is 1.57. The number of halogens is 1. The fraction of sp³-hybridized carbons (Fsp3) is 0.348. The van der Waals surface area contributed by atoms with Crippen LogP contribution in [0.25, 0.3) is 16.7 Å². The Labute approximate surface area is 173 Å². The summed E-state index contributed by atoms with van der Waals surface area (Å²) in [5.41, 5.74) is 2.55. The van der Waals surface area contributed by atoms with Crippen LogP contribution in [-0.4, -0.2) is 23.5 Å². The Kier molecular flexibility index (Phi) is 4.24. The molecule has 1 N–H and O–H groups in total. The summed E-state index contributed by atoms with van der Waals surface area (Å²) in [5.74, 6) is 0.968. The van der Waals surface area contributed by atoms with Crippen molar-refractivity contribution in [1.82, 2.24) is 0 Å². The summed E-state index contributed by atoms with van der Waals surface area (Å²) in [6.45, 7) is 2.11. The van der Waals surface area contributed by atoms with E-state index in [9.17, 15) is 9.90 Å². The van der Waals surface area contributed by atoms with Crippen molar-refractivity contribution in [3.05, 3.63) is 52.2 Å². The van der Waals surface area contributed by atoms with Gasteiger partial charge in [-0.25, -0.2) is 4.79 Å². The van der Waals surface area contributed by atoms with Crippen LogP contribution in [0.2, 0.25) is 5.02 Å². The highest BCUT2D eigenvalue weighted by molar-refractivity contribution is 6.34. The quantitative estimate of drug-likeness (QED) is 0.653. The number of carbonyl (C=O) groups is 1. The van der Waals surface area contributed by atoms with E-state index in [0.29, 0.717) is 34.9 Å². The number of aliphatic hydroxyl groups is 1. The minimum absolute atomic E-state index is 0.0530. The van der Waals surface area contributed by atoms with E-state index in [0.717, 1.165) is 36.0 Å². The molecule has 5 nitrogen and oxygen atoms in total. The van der Waals surface area contributed by atoms with E-state index in [-0.39, 0.29) is 18.1 Å². The Morgan fingerprint density at radius 1 is 1.00 bits per heavy atom. The SMILES string of the molecule is Cc1cc(-c2ccc3c(c2)OCO3)c(Cl)cc1C1=C(O)C2(CCCCC2)OC1=O. The first kappa shape index (κ1) is 18.4. The number of carbonyl (C=O) groups excluding carboxylic acids is 1. The second-order valence-electron chi connectivity index (χ2n) is 7.88. The van der Waals surface area contributed by atoms with Crippen molar-refractivity contribution in [1.29, 1.82) is 0 Å². The van der Waals surface area contributed by atoms with E-state index >= 15 is 0 Å². The van der Waals surface area contributed by atoms with Gasteiger partial charge in [-0.05, 0) is 73.6 Å². The predicted octanol–water partition coefficient (Wildman–Crippen LogP) is 5.57. The minimum Gasteiger partial charge on any atom is -0.507 e. The van der Waals surface area contributed by atoms with Gasteiger partial charge >= 0.3 is 5.97 Å². The molecule has 0 radical (unpaired) electrons. The topological polar surface area (TPSA) is 65.0 Å². The molecular formula is C23H21ClO5. The van der Waals surface area contributed by atoms with Gasteiger partial charge in [0.15, 0.2) is 22.9 Å². The van der Waals surface area contributed by atoms with Crippen LogP contribution in [0, 0.1) is 6.92 Å². The van der Waals surface area contributed by atoms with Crippen LogP contribution in [0.4, 0.5) is 0 Å². The van der Waals surface area contributed by atoms with E-state index in [4.69, 9.17) is 25.8 Å². The summed E-state index contributed by atoms with van der Waals surface area (Å²) >= 11 is 6.61. The maximum absolute atomic E-state index is 12.7. The highest BCUT2D eigenvalue weighted by Gasteiger charge is 2.49. The van der Waals surface area contributed by atoms with Gasteiger partial charge in [-0.1, -0.05) is 24.1 Å². The molecule has 2 heterocycles. The molecule has 29 heavy (non-hydrogen) atoms. The monoisotopic (exact) mass is 412 g/mol. The molecule has 1 spiro atoms. The van der Waals surface area contributed by atoms with Crippen molar-refractivity contribution < 1.29 is 24.1 Å². The molecule has 0 saturated heterocycles. The van der Waals surface area contributed by atoms with E-state index in [1.54, 1.807) is 6.07 Å². The lowest BCUT2D eigenvalue weighted by Gasteiger charge is -2.31. The van der Waals surface area contributed by atoms with Gasteiger partial charge in [0, 0.05) is 10.6 Å². The zero-order valence-electron chi connectivity index (χ0n) is 16.1. The summed E-state index contributed by atoms with van der Waals surface area (Å²) in [4.78, 5) is 12.7. The van der Waals surface area contributed by atoms with Gasteiger partial charge < -0.3 is 19.3 Å². The first-order chi connectivity index (χ1) is 14.0. The fourth-order valence-corrected chi connectivity index (χ4v) is 4.81. The Morgan fingerprint density at radius 3 is 2.55 bits per heavy atom. The van der Waals surface area contributed by atoms with Crippen molar-refractivity contribution in [3.8, 4) is 22.6 Å². The maximum Gasteiger partial charge on any atom is 0.343 e. The second kappa shape index (κ2) is 6.70. The number of aryl methyl sites for hydroxylation is 1. The highest BCUT2D eigenvalue weighted by Crippen LogP contribution is 2.47. The zero-order chi connectivity index (χ0) is 20.2. The average Bonchev–Trinajstić information content (AvgIpc) is 3.27. The van der Waals surface area contributed by atoms with Crippen molar-refractivity contribution in [2.45, 2.75) is 44.6 Å². The zero-order valence-corrected chi connectivity index (χ0v) is 16.8. The number of rotatable bonds is 2. The second-order valence-corrected chi connectivity index (χ2v) is 8.29. The lowest BCUT2D eigenvalue weighted by atomic mass is 9.82. The lowest BCUT2D eigenvalue weighted by molar-refractivity contribution is -0.149. The normalized spacial score (nSPS) is 19.7. The standard InChI is InChI=1S/C23H21ClO5/c1-13-9-16(14-5-6-18-19(10-14)28-12-27-18)17(24)11-15(13)20-21(25)23(29-22(20)26)7-3-2-4-8-23/h5-6,9-11,25H,2-4,7-8,12H2,1H3. The Morgan fingerprint density at radius 2 is 1.76 bits per heavy atom. The molecule has 2 aliphatic heterocycles. The molecule has 0 atom stereocenters. The Hall–Kier alpha value is -2.66. The third-order valence-corrected chi connectivity index (χ3v) is 6.40. The number of aliphatic hydroxyl groups excluding tert-OH is 1. The van der Waals surface area contributed by atoms with E-state index < -0.39 is 11.6 Å². The van der Waals surface area contributed by atoms with Crippen molar-refractivity contribution >= 4 is 23.1 Å². The van der Waals surface area contributed by atoms with E-state index in [2.05, 4.69) is 0 Å². The first-order valence-corrected chi connectivity index (χ1v) is 10.2. The van der Waals surface area contributed by atoms with E-state index in [1.165, 1.54) is 0 Å². The van der Waals surface area contributed by atoms with Crippen LogP contribution in [-0.2, 0) is 9.53 Å². The molecule has 5 rings (SSSR count). The third kappa shape index (κ3) is 2.87. The Bertz CT molecular complexity index is 1050. The highest BCUT2D eigenvalue weighted by atomic mass is 35.5. The molecule has 6 heteroatoms. The van der Waals surface area contributed by atoms with Crippen molar-refractivity contribution in [2.24, 2.45) is 0 Å². The molecule has 2 aromatic carbocycles. The van der Waals surface area contributed by atoms with Crippen LogP contribution in [0.1, 0.15) is 43.2 Å². The molecule has 2 aromatic rings. The molecule has 0 unspecified atom stereocenters. The summed E-state index contributed by atoms with van der Waals surface area (Å²) in [6, 6.07) is 9.33. The van der Waals surface area contributed by atoms with Crippen molar-refractivity contribution in [3.63, 3.8) is 0 Å². The van der Waals surface area contributed by atoms with Crippen LogP contribution in [0.15, 0.2) is 36.1 Å². The maximum atomic E-state index is 12.7. The summed E-state index contributed by atoms with van der Waals surface area (Å²) < 4.78 is 16.5. The number of ether oxygens (including phenoxy) is 3. The minimum atomic E-state index is -0.862. The van der Waals surface area contributed by atoms with Gasteiger partial charge in [0.25, 0.3) is 0 Å². The molecule has 150 valence electrons. The summed E-state index contributed by atoms with van der Waals surface area (Å²) in [7, 11) is 0. The van der Waals surface area contributed by atoms with Gasteiger partial charge in [0.05, 0.1) is 0 Å². The van der Waals surface area contributed by atoms with Gasteiger partial charge in [-0.2, -0.15) is 0 Å². The van der Waals surface area contributed by atoms with Gasteiger partial charge in [0.1, 0.15) is 5.57 Å². The number of esters is 1. The lowest BCUT2D eigenvalue weighted by Crippen LogP contribution is -2.34. The van der Waals surface area contributed by atoms with Crippen LogP contribution < -0.4 is 9.47 Å². The number of benzene rings is 2. The molecule has 1 fully saturated rings. The summed E-state index contributed by atoms with van der Waals surface area (Å²) in [5, 5.41) is 11.4. The molecular weight excluding hydrogens is 392 g/mol. The predicted molar refractivity (Wildman–Crippen MR) is 109 cm³/mol. The average molecular weight is 413 g/mol. The van der Waals surface area contributed by atoms with Gasteiger partial charge in [-0.15, -0.1) is 0 Å². The first-order valence-electron chi connectivity index (χ1n) is 9.86. The fourth-order valence-electron chi connectivity index (χ4n) is 4.54. The van der Waals surface area contributed by atoms with Crippen LogP contribution in [0.5, 0.6) is 11.5 Å². The molecule has 1 saturated carbocycles. The number of fused-ring (bicyclic) bond motifs is 1. The van der Waals surface area contributed by atoms with Crippen LogP contribution >= 0.6 is 11.6 Å². The summed E-state index contributed by atoms with van der Waals surface area (Å²) in [6.07, 6.45) is 4.30. The van der Waals surface area contributed by atoms with Gasteiger partial charge in [-0.3, -0.25) is 0 Å². The third-order valence-electron chi connectivity index (χ3n) is 6.09. The molecule has 0 aromatic heterocycles. The molecule has 3 aliphatic rings. The number of hydrogen-bond donors (Lipinski definition) is 1. The largest absolute Gasteiger partial charge is 0.507 e. The number of hydrogen-bond acceptors (Lipinski definition) is 5. The molecule has 0 amide bonds. The van der Waals surface area contributed by atoms with Crippen molar-refractivity contribution in [2.75, 3.05) is 6.79 Å².